The van der Waals surface area contributed by atoms with Gasteiger partial charge in [0, 0.05) is 35.9 Å². The van der Waals surface area contributed by atoms with Gasteiger partial charge in [-0.1, -0.05) is 11.6 Å². The summed E-state index contributed by atoms with van der Waals surface area (Å²) in [6.07, 6.45) is 2.16. The van der Waals surface area contributed by atoms with E-state index in [-0.39, 0.29) is 11.9 Å². The van der Waals surface area contributed by atoms with E-state index in [2.05, 4.69) is 20.2 Å². The van der Waals surface area contributed by atoms with E-state index >= 15 is 0 Å². The predicted octanol–water partition coefficient (Wildman–Crippen LogP) is 3.30. The van der Waals surface area contributed by atoms with Crippen LogP contribution in [0.3, 0.4) is 0 Å². The SMILES string of the molecule is Cc1cc(N2CCC(NC(=O)CCOc3ccc(Cl)cc3)CC2)nc(C)n1. The summed E-state index contributed by atoms with van der Waals surface area (Å²) in [6.45, 7) is 6.00. The zero-order chi connectivity index (χ0) is 19.2. The highest BCUT2D eigenvalue weighted by molar-refractivity contribution is 6.30. The summed E-state index contributed by atoms with van der Waals surface area (Å²) in [5, 5.41) is 3.78. The van der Waals surface area contributed by atoms with E-state index in [0.717, 1.165) is 49.0 Å². The fourth-order valence-corrected chi connectivity index (χ4v) is 3.33. The van der Waals surface area contributed by atoms with Crippen molar-refractivity contribution in [3.63, 3.8) is 0 Å². The molecule has 27 heavy (non-hydrogen) atoms. The van der Waals surface area contributed by atoms with E-state index in [9.17, 15) is 4.79 Å². The van der Waals surface area contributed by atoms with Crippen molar-refractivity contribution in [2.45, 2.75) is 39.2 Å². The summed E-state index contributed by atoms with van der Waals surface area (Å²) in [5.41, 5.74) is 0.980. The Morgan fingerprint density at radius 3 is 2.59 bits per heavy atom. The molecule has 0 spiro atoms. The number of carbonyl (C=O) groups excluding carboxylic acids is 1. The lowest BCUT2D eigenvalue weighted by atomic mass is 10.0. The average Bonchev–Trinajstić information content (AvgIpc) is 2.63. The first-order valence-corrected chi connectivity index (χ1v) is 9.62. The average molecular weight is 389 g/mol. The quantitative estimate of drug-likeness (QED) is 0.822. The largest absolute Gasteiger partial charge is 0.493 e. The maximum Gasteiger partial charge on any atom is 0.223 e. The highest BCUT2D eigenvalue weighted by Crippen LogP contribution is 2.19. The molecule has 3 rings (SSSR count). The molecular formula is C20H25ClN4O2. The fourth-order valence-electron chi connectivity index (χ4n) is 3.20. The van der Waals surface area contributed by atoms with E-state index in [1.807, 2.05) is 19.9 Å². The van der Waals surface area contributed by atoms with Gasteiger partial charge >= 0.3 is 0 Å². The minimum Gasteiger partial charge on any atom is -0.493 e. The molecule has 2 heterocycles. The van der Waals surface area contributed by atoms with Crippen LogP contribution in [0.25, 0.3) is 0 Å². The van der Waals surface area contributed by atoms with Crippen molar-refractivity contribution in [3.8, 4) is 5.75 Å². The molecule has 144 valence electrons. The maximum atomic E-state index is 12.1. The first-order chi connectivity index (χ1) is 13.0. The fraction of sp³-hybridized carbons (Fsp3) is 0.450. The van der Waals surface area contributed by atoms with Crippen LogP contribution in [0.5, 0.6) is 5.75 Å². The minimum absolute atomic E-state index is 0.0242. The molecule has 1 amide bonds. The summed E-state index contributed by atoms with van der Waals surface area (Å²) < 4.78 is 5.58. The molecule has 2 aromatic rings. The van der Waals surface area contributed by atoms with Crippen LogP contribution in [0.1, 0.15) is 30.8 Å². The van der Waals surface area contributed by atoms with Gasteiger partial charge in [0.2, 0.25) is 5.91 Å². The number of amides is 1. The third-order valence-electron chi connectivity index (χ3n) is 4.55. The first-order valence-electron chi connectivity index (χ1n) is 9.24. The molecule has 6 nitrogen and oxygen atoms in total. The number of aryl methyl sites for hydroxylation is 2. The van der Waals surface area contributed by atoms with Gasteiger partial charge in [0.1, 0.15) is 17.4 Å². The molecule has 1 fully saturated rings. The highest BCUT2D eigenvalue weighted by Gasteiger charge is 2.21. The Kier molecular flexibility index (Phi) is 6.50. The third-order valence-corrected chi connectivity index (χ3v) is 4.80. The number of aromatic nitrogens is 2. The third kappa shape index (κ3) is 5.82. The first kappa shape index (κ1) is 19.4. The number of carbonyl (C=O) groups is 1. The summed E-state index contributed by atoms with van der Waals surface area (Å²) in [4.78, 5) is 23.3. The molecule has 1 aliphatic heterocycles. The van der Waals surface area contributed by atoms with Crippen LogP contribution in [0.4, 0.5) is 5.82 Å². The molecule has 0 radical (unpaired) electrons. The number of hydrogen-bond donors (Lipinski definition) is 1. The number of rotatable bonds is 6. The van der Waals surface area contributed by atoms with Crippen molar-refractivity contribution in [2.24, 2.45) is 0 Å². The predicted molar refractivity (Wildman–Crippen MR) is 106 cm³/mol. The van der Waals surface area contributed by atoms with Crippen molar-refractivity contribution in [1.82, 2.24) is 15.3 Å². The van der Waals surface area contributed by atoms with Gasteiger partial charge in [0.25, 0.3) is 0 Å². The number of nitrogens with one attached hydrogen (secondary N) is 1. The molecule has 0 saturated carbocycles. The second kappa shape index (κ2) is 9.04. The molecule has 1 aliphatic rings. The van der Waals surface area contributed by atoms with E-state index in [1.54, 1.807) is 24.3 Å². The van der Waals surface area contributed by atoms with Crippen LogP contribution in [0, 0.1) is 13.8 Å². The topological polar surface area (TPSA) is 67.4 Å². The molecule has 0 bridgehead atoms. The van der Waals surface area contributed by atoms with Crippen molar-refractivity contribution < 1.29 is 9.53 Å². The molecule has 1 aromatic carbocycles. The number of piperidine rings is 1. The number of ether oxygens (including phenoxy) is 1. The van der Waals surface area contributed by atoms with Crippen LogP contribution in [-0.2, 0) is 4.79 Å². The normalized spacial score (nSPS) is 14.9. The van der Waals surface area contributed by atoms with Crippen molar-refractivity contribution >= 4 is 23.3 Å². The molecule has 1 aromatic heterocycles. The zero-order valence-electron chi connectivity index (χ0n) is 15.7. The number of benzene rings is 1. The van der Waals surface area contributed by atoms with Gasteiger partial charge in [0.05, 0.1) is 13.0 Å². The summed E-state index contributed by atoms with van der Waals surface area (Å²) in [7, 11) is 0. The van der Waals surface area contributed by atoms with Crippen molar-refractivity contribution in [2.75, 3.05) is 24.6 Å². The van der Waals surface area contributed by atoms with E-state index in [1.165, 1.54) is 0 Å². The van der Waals surface area contributed by atoms with Gasteiger partial charge in [-0.3, -0.25) is 4.79 Å². The van der Waals surface area contributed by atoms with Gasteiger partial charge in [-0.2, -0.15) is 0 Å². The molecule has 0 unspecified atom stereocenters. The van der Waals surface area contributed by atoms with E-state index < -0.39 is 0 Å². The number of halogens is 1. The molecule has 0 atom stereocenters. The zero-order valence-corrected chi connectivity index (χ0v) is 16.5. The number of nitrogens with zero attached hydrogens (tertiary/aromatic N) is 3. The second-order valence-electron chi connectivity index (χ2n) is 6.80. The van der Waals surface area contributed by atoms with Crippen LogP contribution >= 0.6 is 11.6 Å². The molecule has 1 saturated heterocycles. The lowest BCUT2D eigenvalue weighted by Crippen LogP contribution is -2.45. The van der Waals surface area contributed by atoms with Gasteiger partial charge in [-0.15, -0.1) is 0 Å². The van der Waals surface area contributed by atoms with Crippen LogP contribution in [0.2, 0.25) is 5.02 Å². The standard InChI is InChI=1S/C20H25ClN4O2/c1-14-13-19(23-15(2)22-14)25-10-7-17(8-11-25)24-20(26)9-12-27-18-5-3-16(21)4-6-18/h3-6,13,17H,7-12H2,1-2H3,(H,24,26). The second-order valence-corrected chi connectivity index (χ2v) is 7.23. The lowest BCUT2D eigenvalue weighted by molar-refractivity contribution is -0.122. The van der Waals surface area contributed by atoms with Crippen LogP contribution < -0.4 is 15.0 Å². The summed E-state index contributed by atoms with van der Waals surface area (Å²) in [6, 6.07) is 9.35. The molecule has 0 aliphatic carbocycles. The lowest BCUT2D eigenvalue weighted by Gasteiger charge is -2.33. The van der Waals surface area contributed by atoms with E-state index in [0.29, 0.717) is 18.1 Å². The van der Waals surface area contributed by atoms with Gasteiger partial charge in [-0.05, 0) is 51.0 Å². The van der Waals surface area contributed by atoms with Gasteiger partial charge < -0.3 is 15.0 Å². The number of anilines is 1. The summed E-state index contributed by atoms with van der Waals surface area (Å²) >= 11 is 5.84. The Hall–Kier alpha value is -2.34. The van der Waals surface area contributed by atoms with Crippen molar-refractivity contribution in [3.05, 3.63) is 46.9 Å². The van der Waals surface area contributed by atoms with Crippen LogP contribution in [0.15, 0.2) is 30.3 Å². The van der Waals surface area contributed by atoms with Gasteiger partial charge in [-0.25, -0.2) is 9.97 Å². The Morgan fingerprint density at radius 1 is 1.22 bits per heavy atom. The minimum atomic E-state index is 0.0242. The summed E-state index contributed by atoms with van der Waals surface area (Å²) in [5.74, 6) is 2.51. The highest BCUT2D eigenvalue weighted by atomic mass is 35.5. The van der Waals surface area contributed by atoms with Crippen LogP contribution in [-0.4, -0.2) is 41.6 Å². The smallest absolute Gasteiger partial charge is 0.223 e. The number of hydrogen-bond acceptors (Lipinski definition) is 5. The van der Waals surface area contributed by atoms with Gasteiger partial charge in [0.15, 0.2) is 0 Å². The maximum absolute atomic E-state index is 12.1. The Labute approximate surface area is 164 Å². The Morgan fingerprint density at radius 2 is 1.93 bits per heavy atom. The Balaban J connectivity index is 1.39. The Bertz CT molecular complexity index is 754. The molecular weight excluding hydrogens is 364 g/mol. The van der Waals surface area contributed by atoms with Crippen molar-refractivity contribution in [1.29, 1.82) is 0 Å². The monoisotopic (exact) mass is 388 g/mol. The van der Waals surface area contributed by atoms with E-state index in [4.69, 9.17) is 16.3 Å². The molecule has 1 N–H and O–H groups in total. The molecule has 7 heteroatoms.